The summed E-state index contributed by atoms with van der Waals surface area (Å²) in [6.07, 6.45) is 6.63. The minimum absolute atomic E-state index is 0.224. The van der Waals surface area contributed by atoms with Crippen molar-refractivity contribution >= 4 is 26.5 Å². The molecular formula is C19H26N4O2S. The molecule has 1 atom stereocenters. The van der Waals surface area contributed by atoms with E-state index in [2.05, 4.69) is 22.0 Å². The Morgan fingerprint density at radius 2 is 1.92 bits per heavy atom. The summed E-state index contributed by atoms with van der Waals surface area (Å²) in [4.78, 5) is 6.93. The van der Waals surface area contributed by atoms with Crippen LogP contribution < -0.4 is 9.64 Å². The Balaban J connectivity index is 1.53. The predicted molar refractivity (Wildman–Crippen MR) is 105 cm³/mol. The van der Waals surface area contributed by atoms with E-state index in [1.807, 2.05) is 22.6 Å². The highest BCUT2D eigenvalue weighted by Crippen LogP contribution is 2.42. The van der Waals surface area contributed by atoms with E-state index in [1.54, 1.807) is 13.4 Å². The molecule has 1 aromatic carbocycles. The smallest absolute Gasteiger partial charge is 0.121 e. The molecule has 140 valence electrons. The second-order valence-corrected chi connectivity index (χ2v) is 9.74. The van der Waals surface area contributed by atoms with Gasteiger partial charge in [0.1, 0.15) is 15.7 Å². The topological polar surface area (TPSA) is 69.5 Å². The lowest BCUT2D eigenvalue weighted by Crippen LogP contribution is -2.42. The molecule has 2 aliphatic heterocycles. The predicted octanol–water partition coefficient (Wildman–Crippen LogP) is 3.13. The summed E-state index contributed by atoms with van der Waals surface area (Å²) in [6, 6.07) is 8.14. The van der Waals surface area contributed by atoms with E-state index in [0.717, 1.165) is 62.1 Å². The fraction of sp³-hybridized carbons (Fsp3) is 0.526. The number of nitrogens with zero attached hydrogens (tertiary/aromatic N) is 3. The summed E-state index contributed by atoms with van der Waals surface area (Å²) in [7, 11) is -0.907. The number of rotatable bonds is 3. The molecule has 26 heavy (non-hydrogen) atoms. The van der Waals surface area contributed by atoms with Crippen molar-refractivity contribution in [2.24, 2.45) is 5.41 Å². The van der Waals surface area contributed by atoms with Crippen molar-refractivity contribution in [1.29, 1.82) is 4.78 Å². The molecule has 0 saturated carbocycles. The van der Waals surface area contributed by atoms with Gasteiger partial charge in [-0.25, -0.2) is 13.3 Å². The minimum atomic E-state index is -2.58. The number of ether oxygens (including phenoxy) is 1. The van der Waals surface area contributed by atoms with Crippen molar-refractivity contribution in [2.45, 2.75) is 19.3 Å². The average molecular weight is 375 g/mol. The molecule has 0 bridgehead atoms. The van der Waals surface area contributed by atoms with Crippen molar-refractivity contribution in [3.05, 3.63) is 30.5 Å². The minimum Gasteiger partial charge on any atom is -0.497 e. The lowest BCUT2D eigenvalue weighted by Gasteiger charge is -2.40. The van der Waals surface area contributed by atoms with E-state index in [0.29, 0.717) is 0 Å². The van der Waals surface area contributed by atoms with E-state index < -0.39 is 9.92 Å². The summed E-state index contributed by atoms with van der Waals surface area (Å²) in [5.41, 5.74) is 2.40. The van der Waals surface area contributed by atoms with Crippen LogP contribution in [0.15, 0.2) is 30.5 Å². The van der Waals surface area contributed by atoms with Crippen LogP contribution in [0, 0.1) is 10.2 Å². The Labute approximate surface area is 155 Å². The van der Waals surface area contributed by atoms with Crippen molar-refractivity contribution in [1.82, 2.24) is 9.29 Å². The number of piperidine rings is 1. The van der Waals surface area contributed by atoms with Crippen LogP contribution >= 0.6 is 0 Å². The summed E-state index contributed by atoms with van der Waals surface area (Å²) < 4.78 is 27.1. The molecule has 0 aliphatic carbocycles. The molecule has 2 aromatic rings. The molecule has 0 unspecified atom stereocenters. The zero-order chi connectivity index (χ0) is 18.4. The molecule has 6 nitrogen and oxygen atoms in total. The first kappa shape index (κ1) is 17.5. The molecule has 0 radical (unpaired) electrons. The first-order chi connectivity index (χ1) is 12.4. The fourth-order valence-electron chi connectivity index (χ4n) is 4.34. The monoisotopic (exact) mass is 374 g/mol. The average Bonchev–Trinajstić information content (AvgIpc) is 3.05. The van der Waals surface area contributed by atoms with Crippen molar-refractivity contribution < 1.29 is 8.95 Å². The molecule has 1 aromatic heterocycles. The molecule has 2 saturated heterocycles. The summed E-state index contributed by atoms with van der Waals surface area (Å²) in [5, 5.41) is 1.15. The Morgan fingerprint density at radius 3 is 2.58 bits per heavy atom. The number of aromatic nitrogens is 1. The Morgan fingerprint density at radius 1 is 1.19 bits per heavy atom. The molecule has 4 rings (SSSR count). The van der Waals surface area contributed by atoms with Gasteiger partial charge in [-0.15, -0.1) is 0 Å². The van der Waals surface area contributed by atoms with Crippen LogP contribution in [0.4, 0.5) is 5.69 Å². The summed E-state index contributed by atoms with van der Waals surface area (Å²) >= 11 is 0. The first-order valence-electron chi connectivity index (χ1n) is 9.07. The number of benzene rings is 1. The van der Waals surface area contributed by atoms with Gasteiger partial charge in [0, 0.05) is 55.8 Å². The molecule has 2 fully saturated rings. The molecular weight excluding hydrogens is 348 g/mol. The number of anilines is 1. The highest BCUT2D eigenvalue weighted by molar-refractivity contribution is 7.89. The zero-order valence-electron chi connectivity index (χ0n) is 15.4. The third-order valence-corrected chi connectivity index (χ3v) is 7.28. The van der Waals surface area contributed by atoms with Crippen LogP contribution in [0.25, 0.3) is 10.9 Å². The zero-order valence-corrected chi connectivity index (χ0v) is 16.2. The standard InChI is InChI=1S/C19H26N4O2S/c1-25-15-3-4-16-17(13-15)21-9-5-18(16)22-10-6-19(7-11-22)8-12-23(14-19)26(2,20)24/h3-5,9,13,20H,6-8,10-12,14H2,1-2H3/t26-/m0/s1. The first-order valence-corrected chi connectivity index (χ1v) is 11.0. The van der Waals surface area contributed by atoms with Gasteiger partial charge < -0.3 is 9.64 Å². The number of fused-ring (bicyclic) bond motifs is 1. The molecule has 2 aliphatic rings. The molecule has 1 N–H and O–H groups in total. The van der Waals surface area contributed by atoms with E-state index in [1.165, 1.54) is 5.69 Å². The molecule has 1 spiro atoms. The lowest BCUT2D eigenvalue weighted by molar-refractivity contribution is 0.236. The summed E-state index contributed by atoms with van der Waals surface area (Å²) in [5.74, 6) is 0.823. The number of nitrogens with one attached hydrogen (secondary N) is 1. The number of pyridine rings is 1. The van der Waals surface area contributed by atoms with Crippen LogP contribution in [0.1, 0.15) is 19.3 Å². The normalized spacial score (nSPS) is 22.6. The lowest BCUT2D eigenvalue weighted by atomic mass is 9.77. The maximum Gasteiger partial charge on any atom is 0.121 e. The van der Waals surface area contributed by atoms with Gasteiger partial charge in [0.15, 0.2) is 0 Å². The van der Waals surface area contributed by atoms with Gasteiger partial charge in [-0.05, 0) is 42.9 Å². The van der Waals surface area contributed by atoms with Crippen LogP contribution in [-0.4, -0.2) is 53.0 Å². The third-order valence-electron chi connectivity index (χ3n) is 5.99. The maximum absolute atomic E-state index is 12.1. The van der Waals surface area contributed by atoms with Gasteiger partial charge in [0.2, 0.25) is 0 Å². The van der Waals surface area contributed by atoms with Crippen molar-refractivity contribution in [3.8, 4) is 5.75 Å². The molecule has 0 amide bonds. The van der Waals surface area contributed by atoms with E-state index in [-0.39, 0.29) is 5.41 Å². The second kappa shape index (κ2) is 6.39. The van der Waals surface area contributed by atoms with Gasteiger partial charge in [-0.2, -0.15) is 0 Å². The SMILES string of the molecule is COc1ccc2c(N3CCC4(CC3)CCN([S@](C)(=N)=O)C4)ccnc2c1. The van der Waals surface area contributed by atoms with Crippen LogP contribution in [0.5, 0.6) is 5.75 Å². The van der Waals surface area contributed by atoms with Crippen LogP contribution in [0.3, 0.4) is 0 Å². The number of hydrogen-bond acceptors (Lipinski definition) is 5. The van der Waals surface area contributed by atoms with Crippen LogP contribution in [0.2, 0.25) is 0 Å². The van der Waals surface area contributed by atoms with E-state index in [4.69, 9.17) is 9.52 Å². The summed E-state index contributed by atoms with van der Waals surface area (Å²) in [6.45, 7) is 3.56. The fourth-order valence-corrected chi connectivity index (χ4v) is 5.30. The van der Waals surface area contributed by atoms with Crippen molar-refractivity contribution in [3.63, 3.8) is 0 Å². The van der Waals surface area contributed by atoms with Crippen molar-refractivity contribution in [2.75, 3.05) is 44.4 Å². The number of hydrogen-bond donors (Lipinski definition) is 1. The van der Waals surface area contributed by atoms with Gasteiger partial charge in [0.25, 0.3) is 0 Å². The largest absolute Gasteiger partial charge is 0.497 e. The Kier molecular flexibility index (Phi) is 4.31. The Bertz CT molecular complexity index is 920. The maximum atomic E-state index is 12.1. The van der Waals surface area contributed by atoms with E-state index in [9.17, 15) is 4.21 Å². The van der Waals surface area contributed by atoms with E-state index >= 15 is 0 Å². The highest BCUT2D eigenvalue weighted by Gasteiger charge is 2.42. The second-order valence-electron chi connectivity index (χ2n) is 7.62. The highest BCUT2D eigenvalue weighted by atomic mass is 32.2. The molecule has 3 heterocycles. The quantitative estimate of drug-likeness (QED) is 0.896. The van der Waals surface area contributed by atoms with Gasteiger partial charge >= 0.3 is 0 Å². The van der Waals surface area contributed by atoms with Gasteiger partial charge in [0.05, 0.1) is 12.6 Å². The Hall–Kier alpha value is -1.86. The van der Waals surface area contributed by atoms with Gasteiger partial charge in [-0.3, -0.25) is 4.98 Å². The number of methoxy groups -OCH3 is 1. The third kappa shape index (κ3) is 3.14. The van der Waals surface area contributed by atoms with Gasteiger partial charge in [-0.1, -0.05) is 0 Å². The molecule has 7 heteroatoms. The van der Waals surface area contributed by atoms with Crippen LogP contribution in [-0.2, 0) is 9.92 Å².